The maximum Gasteiger partial charge on any atom is 2.00 e. The summed E-state index contributed by atoms with van der Waals surface area (Å²) >= 11 is 0. The molecule has 0 aliphatic carbocycles. The molecule has 0 unspecified atom stereocenters. The Hall–Kier alpha value is 4.75. The van der Waals surface area contributed by atoms with Gasteiger partial charge in [-0.3, -0.25) is 4.57 Å². The van der Waals surface area contributed by atoms with Gasteiger partial charge in [0.1, 0.15) is 0 Å². The van der Waals surface area contributed by atoms with Gasteiger partial charge >= 0.3 is 141 Å². The predicted octanol–water partition coefficient (Wildman–Crippen LogP) is -10.8. The molecular weight excluding hydrogens is 308 g/mol. The summed E-state index contributed by atoms with van der Waals surface area (Å²) in [5.74, 6) is 0. The molecule has 0 heterocycles. The molecule has 0 radical (unpaired) electrons. The molecule has 0 fully saturated rings. The molecule has 0 saturated heterocycles. The standard InChI is InChI=1S/Ca.2K.2H3O4P/c;;;2*1-5(2,3)4/h;;;2*(H3,1,2,3,4)/q+2;2*+1;;/p-4. The van der Waals surface area contributed by atoms with Crippen LogP contribution in [0.25, 0.3) is 0 Å². The first-order valence-electron chi connectivity index (χ1n) is 1.50. The van der Waals surface area contributed by atoms with Crippen molar-refractivity contribution in [2.45, 2.75) is 0 Å². The van der Waals surface area contributed by atoms with E-state index in [1.807, 2.05) is 0 Å². The molecule has 0 amide bonds. The number of hydrogen-bond acceptors (Lipinski definition) is 6. The zero-order valence-corrected chi connectivity index (χ0v) is 17.2. The minimum Gasteiger partial charge on any atom is -0.822 e. The van der Waals surface area contributed by atoms with Crippen LogP contribution in [0.3, 0.4) is 0 Å². The van der Waals surface area contributed by atoms with Crippen molar-refractivity contribution in [2.75, 3.05) is 0 Å². The fourth-order valence-corrected chi connectivity index (χ4v) is 0. The van der Waals surface area contributed by atoms with Crippen LogP contribution in [0.15, 0.2) is 0 Å². The van der Waals surface area contributed by atoms with Gasteiger partial charge in [-0.05, 0) is 0 Å². The third-order valence-electron chi connectivity index (χ3n) is 0. The first-order valence-corrected chi connectivity index (χ1v) is 4.49. The Morgan fingerprint density at radius 2 is 0.846 bits per heavy atom. The normalized spacial score (nSPS) is 9.08. The van der Waals surface area contributed by atoms with E-state index < -0.39 is 15.6 Å². The van der Waals surface area contributed by atoms with Crippen LogP contribution in [-0.4, -0.2) is 47.5 Å². The summed E-state index contributed by atoms with van der Waals surface area (Å²) in [4.78, 5) is 48.6. The molecule has 8 nitrogen and oxygen atoms in total. The van der Waals surface area contributed by atoms with Gasteiger partial charge in [-0.2, -0.15) is 7.82 Å². The third kappa shape index (κ3) is 161. The van der Waals surface area contributed by atoms with E-state index in [-0.39, 0.29) is 141 Å². The summed E-state index contributed by atoms with van der Waals surface area (Å²) in [5, 5.41) is 0. The van der Waals surface area contributed by atoms with Gasteiger partial charge in [0.25, 0.3) is 7.82 Å². The molecule has 2 N–H and O–H groups in total. The Labute approximate surface area is 189 Å². The number of rotatable bonds is 0. The summed E-state index contributed by atoms with van der Waals surface area (Å²) in [6, 6.07) is 0. The zero-order chi connectivity index (χ0) is 9.00. The maximum atomic E-state index is 8.77. The topological polar surface area (TPSA) is 167 Å². The Balaban J connectivity index is -0.0000000267. The van der Waals surface area contributed by atoms with Gasteiger partial charge < -0.3 is 33.9 Å². The van der Waals surface area contributed by atoms with E-state index in [1.165, 1.54) is 0 Å². The van der Waals surface area contributed by atoms with Crippen LogP contribution in [0.4, 0.5) is 0 Å². The molecule has 13 heavy (non-hydrogen) atoms. The quantitative estimate of drug-likeness (QED) is 0.328. The van der Waals surface area contributed by atoms with Gasteiger partial charge in [0, 0.05) is 0 Å². The SMILES string of the molecule is O=P([O-])(O)O.O=P([O-])([O-])[O-].[Ca+2].[K+].[K+]. The van der Waals surface area contributed by atoms with Crippen molar-refractivity contribution in [3.63, 3.8) is 0 Å². The predicted molar refractivity (Wildman–Crippen MR) is 25.4 cm³/mol. The van der Waals surface area contributed by atoms with Gasteiger partial charge in [0.15, 0.2) is 0 Å². The number of phosphoric acid groups is 2. The molecule has 0 aromatic rings. The zero-order valence-electron chi connectivity index (χ0n) is 6.95. The Kier molecular flexibility index (Phi) is 34.9. The van der Waals surface area contributed by atoms with E-state index in [1.54, 1.807) is 0 Å². The van der Waals surface area contributed by atoms with Crippen LogP contribution in [0.5, 0.6) is 0 Å². The minimum atomic E-state index is -5.39. The van der Waals surface area contributed by atoms with Crippen LogP contribution < -0.4 is 122 Å². The molecule has 0 aromatic heterocycles. The molecule has 64 valence electrons. The Morgan fingerprint density at radius 3 is 0.846 bits per heavy atom. The largest absolute Gasteiger partial charge is 2.00 e. The molecule has 0 atom stereocenters. The van der Waals surface area contributed by atoms with Gasteiger partial charge in [0.05, 0.1) is 0 Å². The smallest absolute Gasteiger partial charge is 0.822 e. The van der Waals surface area contributed by atoms with E-state index in [2.05, 4.69) is 0 Å². The second-order valence-corrected chi connectivity index (χ2v) is 2.81. The van der Waals surface area contributed by atoms with Crippen molar-refractivity contribution in [1.82, 2.24) is 0 Å². The average Bonchev–Trinajstić information content (AvgIpc) is 1.12. The average molecular weight is 310 g/mol. The summed E-state index contributed by atoms with van der Waals surface area (Å²) in [5.41, 5.74) is 0. The summed E-state index contributed by atoms with van der Waals surface area (Å²) in [6.45, 7) is 0. The molecule has 0 rings (SSSR count). The number of hydrogen-bond donors (Lipinski definition) is 2. The summed E-state index contributed by atoms with van der Waals surface area (Å²) in [6.07, 6.45) is 0. The van der Waals surface area contributed by atoms with Gasteiger partial charge in [-0.25, -0.2) is 0 Å². The molecule has 0 aliphatic heterocycles. The monoisotopic (exact) mass is 310 g/mol. The van der Waals surface area contributed by atoms with Crippen LogP contribution in [0, 0.1) is 0 Å². The summed E-state index contributed by atoms with van der Waals surface area (Å²) in [7, 11) is -10.3. The Morgan fingerprint density at radius 1 is 0.846 bits per heavy atom. The molecule has 0 saturated carbocycles. The van der Waals surface area contributed by atoms with E-state index in [0.29, 0.717) is 0 Å². The fourth-order valence-electron chi connectivity index (χ4n) is 0. The van der Waals surface area contributed by atoms with Gasteiger partial charge in [0.2, 0.25) is 0 Å². The van der Waals surface area contributed by atoms with Crippen molar-refractivity contribution in [1.29, 1.82) is 0 Å². The minimum absolute atomic E-state index is 0. The van der Waals surface area contributed by atoms with Crippen molar-refractivity contribution >= 4 is 53.4 Å². The van der Waals surface area contributed by atoms with Crippen LogP contribution in [0.2, 0.25) is 0 Å². The van der Waals surface area contributed by atoms with Crippen LogP contribution in [0.1, 0.15) is 0 Å². The van der Waals surface area contributed by atoms with E-state index in [0.717, 1.165) is 0 Å². The second kappa shape index (κ2) is 14.8. The molecular formula is H2CaK2O8P2. The fraction of sp³-hybridized carbons (Fsp3) is 0. The second-order valence-electron chi connectivity index (χ2n) is 0.938. The van der Waals surface area contributed by atoms with E-state index in [4.69, 9.17) is 38.5 Å². The van der Waals surface area contributed by atoms with Crippen LogP contribution in [-0.2, 0) is 9.13 Å². The molecule has 0 spiro atoms. The molecule has 13 heteroatoms. The maximum absolute atomic E-state index is 8.77. The first kappa shape index (κ1) is 30.6. The Bertz CT molecular complexity index is 132. The van der Waals surface area contributed by atoms with Crippen molar-refractivity contribution in [2.24, 2.45) is 0 Å². The van der Waals surface area contributed by atoms with Gasteiger partial charge in [-0.1, -0.05) is 0 Å². The molecule has 0 bridgehead atoms. The van der Waals surface area contributed by atoms with Crippen molar-refractivity contribution in [3.05, 3.63) is 0 Å². The summed E-state index contributed by atoms with van der Waals surface area (Å²) < 4.78 is 17.3. The van der Waals surface area contributed by atoms with Crippen molar-refractivity contribution in [3.8, 4) is 0 Å². The van der Waals surface area contributed by atoms with E-state index in [9.17, 15) is 0 Å². The molecule has 0 aromatic carbocycles. The third-order valence-corrected chi connectivity index (χ3v) is 0. The molecule has 0 aliphatic rings. The van der Waals surface area contributed by atoms with Gasteiger partial charge in [-0.15, -0.1) is 0 Å². The first-order chi connectivity index (χ1) is 4.00. The van der Waals surface area contributed by atoms with Crippen molar-refractivity contribution < 1.29 is 141 Å². The van der Waals surface area contributed by atoms with Crippen LogP contribution >= 0.6 is 15.6 Å². The van der Waals surface area contributed by atoms with E-state index >= 15 is 0 Å².